The molecule has 1 aliphatic rings. The van der Waals surface area contributed by atoms with Gasteiger partial charge in [0.25, 0.3) is 5.91 Å². The van der Waals surface area contributed by atoms with E-state index in [1.807, 2.05) is 11.4 Å². The number of thiophene rings is 1. The Kier molecular flexibility index (Phi) is 6.55. The van der Waals surface area contributed by atoms with Gasteiger partial charge in [0.1, 0.15) is 0 Å². The number of rotatable bonds is 5. The summed E-state index contributed by atoms with van der Waals surface area (Å²) in [5, 5.41) is 4.73. The normalized spacial score (nSPS) is 17.6. The van der Waals surface area contributed by atoms with Crippen molar-refractivity contribution in [1.82, 2.24) is 10.2 Å². The minimum absolute atomic E-state index is 0.0632. The molecule has 0 radical (unpaired) electrons. The summed E-state index contributed by atoms with van der Waals surface area (Å²) in [5.41, 5.74) is -0.858. The van der Waals surface area contributed by atoms with Crippen LogP contribution >= 0.6 is 11.3 Å². The van der Waals surface area contributed by atoms with Gasteiger partial charge in [0, 0.05) is 25.0 Å². The van der Waals surface area contributed by atoms with Crippen LogP contribution in [0.3, 0.4) is 0 Å². The molecule has 1 unspecified atom stereocenters. The third kappa shape index (κ3) is 5.22. The molecular weight excluding hydrogens is 413 g/mol. The van der Waals surface area contributed by atoms with Crippen LogP contribution < -0.4 is 5.32 Å². The number of hydrogen-bond donors (Lipinski definition) is 1. The Balaban J connectivity index is 1.61. The molecule has 1 saturated heterocycles. The molecule has 2 amide bonds. The average Bonchev–Trinajstić information content (AvgIpc) is 3.26. The van der Waals surface area contributed by atoms with E-state index in [0.29, 0.717) is 30.0 Å². The highest BCUT2D eigenvalue weighted by atomic mass is 32.1. The molecule has 2 heterocycles. The summed E-state index contributed by atoms with van der Waals surface area (Å²) >= 11 is 1.38. The van der Waals surface area contributed by atoms with E-state index in [1.165, 1.54) is 17.4 Å². The van der Waals surface area contributed by atoms with Gasteiger partial charge in [-0.05, 0) is 35.9 Å². The predicted octanol–water partition coefficient (Wildman–Crippen LogP) is 4.71. The molecule has 162 valence electrons. The molecule has 1 aromatic carbocycles. The van der Waals surface area contributed by atoms with Crippen molar-refractivity contribution >= 4 is 23.2 Å². The Bertz CT molecular complexity index is 894. The van der Waals surface area contributed by atoms with Crippen molar-refractivity contribution in [2.75, 3.05) is 19.6 Å². The maximum atomic E-state index is 13.0. The van der Waals surface area contributed by atoms with Gasteiger partial charge < -0.3 is 10.2 Å². The monoisotopic (exact) mass is 438 g/mol. The molecule has 3 rings (SSSR count). The second kappa shape index (κ2) is 8.79. The second-order valence-electron chi connectivity index (χ2n) is 8.25. The molecule has 8 heteroatoms. The van der Waals surface area contributed by atoms with Gasteiger partial charge in [-0.25, -0.2) is 0 Å². The number of alkyl halides is 3. The van der Waals surface area contributed by atoms with Crippen LogP contribution in [0.15, 0.2) is 41.8 Å². The van der Waals surface area contributed by atoms with Crippen LogP contribution in [-0.4, -0.2) is 36.3 Å². The van der Waals surface area contributed by atoms with E-state index in [-0.39, 0.29) is 24.3 Å². The zero-order valence-electron chi connectivity index (χ0n) is 17.0. The number of nitrogens with one attached hydrogen (secondary N) is 1. The highest BCUT2D eigenvalue weighted by Gasteiger charge is 2.33. The van der Waals surface area contributed by atoms with Crippen LogP contribution in [0.2, 0.25) is 0 Å². The maximum absolute atomic E-state index is 13.0. The van der Waals surface area contributed by atoms with Crippen LogP contribution in [0.25, 0.3) is 0 Å². The van der Waals surface area contributed by atoms with Crippen LogP contribution in [0.4, 0.5) is 13.2 Å². The van der Waals surface area contributed by atoms with Crippen molar-refractivity contribution in [1.29, 1.82) is 0 Å². The Hall–Kier alpha value is -2.35. The van der Waals surface area contributed by atoms with Gasteiger partial charge in [0.05, 0.1) is 16.4 Å². The van der Waals surface area contributed by atoms with E-state index >= 15 is 0 Å². The highest BCUT2D eigenvalue weighted by Crippen LogP contribution is 2.32. The number of hydrogen-bond acceptors (Lipinski definition) is 3. The minimum atomic E-state index is -4.41. The molecule has 0 spiro atoms. The fraction of sp³-hybridized carbons (Fsp3) is 0.455. The van der Waals surface area contributed by atoms with Crippen molar-refractivity contribution in [3.8, 4) is 0 Å². The largest absolute Gasteiger partial charge is 0.416 e. The first-order valence-electron chi connectivity index (χ1n) is 9.86. The number of piperidine rings is 1. The topological polar surface area (TPSA) is 49.4 Å². The molecule has 0 bridgehead atoms. The van der Waals surface area contributed by atoms with Gasteiger partial charge in [-0.15, -0.1) is 11.3 Å². The lowest BCUT2D eigenvalue weighted by atomic mass is 9.83. The zero-order chi connectivity index (χ0) is 21.9. The molecule has 0 saturated carbocycles. The molecule has 4 nitrogen and oxygen atoms in total. The van der Waals surface area contributed by atoms with Crippen molar-refractivity contribution in [3.05, 3.63) is 57.8 Å². The van der Waals surface area contributed by atoms with Crippen LogP contribution in [0.1, 0.15) is 47.5 Å². The average molecular weight is 439 g/mol. The lowest BCUT2D eigenvalue weighted by molar-refractivity contribution is -0.137. The van der Waals surface area contributed by atoms with E-state index < -0.39 is 17.2 Å². The SMILES string of the molecule is CC(C)(CNC(=O)C1CCCN(C(=O)c2cccs2)C1)c1cccc(C(F)(F)F)c1. The number of carbonyl (C=O) groups is 2. The number of halogens is 3. The molecule has 1 fully saturated rings. The third-order valence-corrected chi connectivity index (χ3v) is 6.35. The summed E-state index contributed by atoms with van der Waals surface area (Å²) in [6.45, 7) is 4.79. The molecular formula is C22H25F3N2O2S. The molecule has 2 aromatic rings. The summed E-state index contributed by atoms with van der Waals surface area (Å²) in [4.78, 5) is 27.6. The first-order chi connectivity index (χ1) is 14.1. The third-order valence-electron chi connectivity index (χ3n) is 5.49. The van der Waals surface area contributed by atoms with Gasteiger partial charge in [-0.2, -0.15) is 13.2 Å². The molecule has 1 atom stereocenters. The predicted molar refractivity (Wildman–Crippen MR) is 110 cm³/mol. The number of amides is 2. The van der Waals surface area contributed by atoms with Crippen molar-refractivity contribution in [3.63, 3.8) is 0 Å². The first kappa shape index (κ1) is 22.3. The number of benzene rings is 1. The van der Waals surface area contributed by atoms with E-state index in [9.17, 15) is 22.8 Å². The van der Waals surface area contributed by atoms with Gasteiger partial charge in [-0.3, -0.25) is 9.59 Å². The summed E-state index contributed by atoms with van der Waals surface area (Å²) in [6, 6.07) is 8.80. The van der Waals surface area contributed by atoms with Crippen molar-refractivity contribution in [2.45, 2.75) is 38.3 Å². The number of likely N-dealkylation sites (tertiary alicyclic amines) is 1. The lowest BCUT2D eigenvalue weighted by Gasteiger charge is -2.33. The van der Waals surface area contributed by atoms with Crippen LogP contribution in [0.5, 0.6) is 0 Å². The number of carbonyl (C=O) groups excluding carboxylic acids is 2. The highest BCUT2D eigenvalue weighted by molar-refractivity contribution is 7.12. The summed E-state index contributed by atoms with van der Waals surface area (Å²) in [5.74, 6) is -0.550. The minimum Gasteiger partial charge on any atom is -0.355 e. The van der Waals surface area contributed by atoms with E-state index in [2.05, 4.69) is 5.32 Å². The molecule has 1 aliphatic heterocycles. The van der Waals surface area contributed by atoms with E-state index in [1.54, 1.807) is 30.9 Å². The second-order valence-corrected chi connectivity index (χ2v) is 9.20. The van der Waals surface area contributed by atoms with E-state index in [0.717, 1.165) is 18.6 Å². The quantitative estimate of drug-likeness (QED) is 0.735. The van der Waals surface area contributed by atoms with Gasteiger partial charge in [0.15, 0.2) is 0 Å². The molecule has 1 N–H and O–H groups in total. The van der Waals surface area contributed by atoms with Gasteiger partial charge in [-0.1, -0.05) is 38.1 Å². The fourth-order valence-corrected chi connectivity index (χ4v) is 4.29. The Morgan fingerprint density at radius 2 is 1.90 bits per heavy atom. The Morgan fingerprint density at radius 3 is 2.57 bits per heavy atom. The summed E-state index contributed by atoms with van der Waals surface area (Å²) in [7, 11) is 0. The molecule has 0 aliphatic carbocycles. The first-order valence-corrected chi connectivity index (χ1v) is 10.7. The van der Waals surface area contributed by atoms with Crippen molar-refractivity contribution < 1.29 is 22.8 Å². The number of nitrogens with zero attached hydrogens (tertiary/aromatic N) is 1. The zero-order valence-corrected chi connectivity index (χ0v) is 17.8. The lowest BCUT2D eigenvalue weighted by Crippen LogP contribution is -2.47. The Morgan fingerprint density at radius 1 is 1.17 bits per heavy atom. The standard InChI is InChI=1S/C22H25F3N2O2S/c1-21(2,16-7-3-8-17(12-16)22(23,24)25)14-26-19(28)15-6-4-10-27(13-15)20(29)18-9-5-11-30-18/h3,5,7-9,11-12,15H,4,6,10,13-14H2,1-2H3,(H,26,28). The summed E-state index contributed by atoms with van der Waals surface area (Å²) < 4.78 is 39.0. The summed E-state index contributed by atoms with van der Waals surface area (Å²) in [6.07, 6.45) is -2.98. The van der Waals surface area contributed by atoms with E-state index in [4.69, 9.17) is 0 Å². The van der Waals surface area contributed by atoms with Crippen LogP contribution in [0, 0.1) is 5.92 Å². The van der Waals surface area contributed by atoms with Gasteiger partial charge >= 0.3 is 6.18 Å². The Labute approximate surface area is 178 Å². The molecule has 1 aromatic heterocycles. The molecule has 30 heavy (non-hydrogen) atoms. The van der Waals surface area contributed by atoms with Gasteiger partial charge in [0.2, 0.25) is 5.91 Å². The van der Waals surface area contributed by atoms with Crippen LogP contribution in [-0.2, 0) is 16.4 Å². The smallest absolute Gasteiger partial charge is 0.355 e. The van der Waals surface area contributed by atoms with Crippen molar-refractivity contribution in [2.24, 2.45) is 5.92 Å². The fourth-order valence-electron chi connectivity index (χ4n) is 3.60. The maximum Gasteiger partial charge on any atom is 0.416 e.